The molecule has 0 radical (unpaired) electrons. The van der Waals surface area contributed by atoms with E-state index in [2.05, 4.69) is 36.4 Å². The van der Waals surface area contributed by atoms with Gasteiger partial charge in [-0.25, -0.2) is 0 Å². The maximum Gasteiger partial charge on any atom is 0.302 e. The molecule has 0 aromatic heterocycles. The molecule has 0 aliphatic carbocycles. The highest BCUT2D eigenvalue weighted by molar-refractivity contribution is 5.88. The van der Waals surface area contributed by atoms with Crippen LogP contribution in [0.3, 0.4) is 0 Å². The van der Waals surface area contributed by atoms with E-state index in [1.165, 1.54) is 13.8 Å². The molecule has 0 saturated carbocycles. The number of ether oxygens (including phenoxy) is 3. The fraction of sp³-hybridized carbons (Fsp3) is 0.345. The van der Waals surface area contributed by atoms with Crippen molar-refractivity contribution in [2.24, 2.45) is 11.1 Å². The molecule has 0 heterocycles. The second-order valence-electron chi connectivity index (χ2n) is 9.06. The van der Waals surface area contributed by atoms with Crippen molar-refractivity contribution in [3.63, 3.8) is 0 Å². The van der Waals surface area contributed by atoms with E-state index in [0.717, 1.165) is 33.2 Å². The van der Waals surface area contributed by atoms with Crippen LogP contribution in [0.25, 0.3) is 21.9 Å². The van der Waals surface area contributed by atoms with Crippen LogP contribution in [0.2, 0.25) is 0 Å². The monoisotopic (exact) mass is 491 g/mol. The van der Waals surface area contributed by atoms with E-state index >= 15 is 0 Å². The molecule has 2 N–H and O–H groups in total. The summed E-state index contributed by atoms with van der Waals surface area (Å²) in [5, 5.41) is 2.25. The number of hydrogen-bond donors (Lipinski definition) is 1. The fourth-order valence-corrected chi connectivity index (χ4v) is 4.19. The molecule has 3 rings (SSSR count). The zero-order chi connectivity index (χ0) is 26.1. The van der Waals surface area contributed by atoms with Gasteiger partial charge in [0.15, 0.2) is 0 Å². The molecule has 1 amide bonds. The number of amides is 1. The third kappa shape index (κ3) is 7.57. The standard InChI is InChI=1S/C29H33NO6/c1-4-34-27-12-11-25-15-24(9-10-26(25)16-27)23-7-5-22(6-8-23)13-14-29(17-28(30)33,18-35-20(2)31)19-36-21(3)32/h5-12,15-16H,4,13-14,17-19H2,1-3H3,(H2,30,33). The Kier molecular flexibility index (Phi) is 9.06. The Labute approximate surface area is 211 Å². The lowest BCUT2D eigenvalue weighted by molar-refractivity contribution is -0.154. The molecule has 0 aliphatic rings. The van der Waals surface area contributed by atoms with Crippen LogP contribution in [0, 0.1) is 5.41 Å². The van der Waals surface area contributed by atoms with E-state index in [1.807, 2.05) is 31.2 Å². The lowest BCUT2D eigenvalue weighted by Crippen LogP contribution is -2.38. The van der Waals surface area contributed by atoms with E-state index in [0.29, 0.717) is 19.4 Å². The fourth-order valence-electron chi connectivity index (χ4n) is 4.19. The third-order valence-electron chi connectivity index (χ3n) is 6.07. The maximum absolute atomic E-state index is 11.8. The van der Waals surface area contributed by atoms with Crippen LogP contribution in [-0.4, -0.2) is 37.7 Å². The zero-order valence-electron chi connectivity index (χ0n) is 21.0. The van der Waals surface area contributed by atoms with E-state index in [-0.39, 0.29) is 19.6 Å². The molecule has 0 bridgehead atoms. The lowest BCUT2D eigenvalue weighted by atomic mass is 9.80. The first-order valence-corrected chi connectivity index (χ1v) is 12.0. The first-order chi connectivity index (χ1) is 17.2. The summed E-state index contributed by atoms with van der Waals surface area (Å²) >= 11 is 0. The number of aryl methyl sites for hydroxylation is 1. The van der Waals surface area contributed by atoms with Gasteiger partial charge in [0.1, 0.15) is 19.0 Å². The molecule has 7 heteroatoms. The van der Waals surface area contributed by atoms with Gasteiger partial charge in [-0.2, -0.15) is 0 Å². The van der Waals surface area contributed by atoms with Crippen LogP contribution in [0.1, 0.15) is 39.2 Å². The first kappa shape index (κ1) is 26.7. The average Bonchev–Trinajstić information content (AvgIpc) is 2.85. The summed E-state index contributed by atoms with van der Waals surface area (Å²) in [7, 11) is 0. The number of esters is 2. The van der Waals surface area contributed by atoms with E-state index in [4.69, 9.17) is 19.9 Å². The molecule has 190 valence electrons. The summed E-state index contributed by atoms with van der Waals surface area (Å²) in [4.78, 5) is 34.7. The molecule has 3 aromatic carbocycles. The highest BCUT2D eigenvalue weighted by Gasteiger charge is 2.35. The highest BCUT2D eigenvalue weighted by Crippen LogP contribution is 2.31. The second kappa shape index (κ2) is 12.2. The molecular weight excluding hydrogens is 458 g/mol. The van der Waals surface area contributed by atoms with E-state index in [9.17, 15) is 14.4 Å². The number of fused-ring (bicyclic) bond motifs is 1. The van der Waals surface area contributed by atoms with Gasteiger partial charge in [0.25, 0.3) is 0 Å². The summed E-state index contributed by atoms with van der Waals surface area (Å²) in [6, 6.07) is 20.6. The largest absolute Gasteiger partial charge is 0.494 e. The Hall–Kier alpha value is -3.87. The van der Waals surface area contributed by atoms with Crippen molar-refractivity contribution >= 4 is 28.6 Å². The van der Waals surface area contributed by atoms with Crippen LogP contribution in [-0.2, 0) is 30.3 Å². The molecule has 7 nitrogen and oxygen atoms in total. The van der Waals surface area contributed by atoms with Gasteiger partial charge in [-0.05, 0) is 65.4 Å². The molecule has 36 heavy (non-hydrogen) atoms. The van der Waals surface area contributed by atoms with Gasteiger partial charge in [0.2, 0.25) is 5.91 Å². The molecule has 0 saturated heterocycles. The van der Waals surface area contributed by atoms with Crippen LogP contribution in [0.4, 0.5) is 0 Å². The number of carbonyl (C=O) groups is 3. The number of carbonyl (C=O) groups excluding carboxylic acids is 3. The van der Waals surface area contributed by atoms with Crippen molar-refractivity contribution < 1.29 is 28.6 Å². The van der Waals surface area contributed by atoms with Crippen molar-refractivity contribution in [1.29, 1.82) is 0 Å². The Bertz CT molecular complexity index is 1200. The summed E-state index contributed by atoms with van der Waals surface area (Å²) < 4.78 is 16.0. The maximum atomic E-state index is 11.8. The SMILES string of the molecule is CCOc1ccc2cc(-c3ccc(CCC(COC(C)=O)(COC(C)=O)CC(N)=O)cc3)ccc2c1. The van der Waals surface area contributed by atoms with Gasteiger partial charge in [-0.3, -0.25) is 14.4 Å². The van der Waals surface area contributed by atoms with Gasteiger partial charge in [0, 0.05) is 25.7 Å². The smallest absolute Gasteiger partial charge is 0.302 e. The van der Waals surface area contributed by atoms with E-state index < -0.39 is 23.3 Å². The molecular formula is C29H33NO6. The van der Waals surface area contributed by atoms with Crippen LogP contribution in [0.15, 0.2) is 60.7 Å². The molecule has 0 fully saturated rings. The quantitative estimate of drug-likeness (QED) is 0.364. The molecule has 3 aromatic rings. The zero-order valence-corrected chi connectivity index (χ0v) is 21.0. The Balaban J connectivity index is 1.76. The van der Waals surface area contributed by atoms with Crippen molar-refractivity contribution in [2.75, 3.05) is 19.8 Å². The third-order valence-corrected chi connectivity index (χ3v) is 6.07. The minimum Gasteiger partial charge on any atom is -0.494 e. The summed E-state index contributed by atoms with van der Waals surface area (Å²) in [6.07, 6.45) is 0.982. The first-order valence-electron chi connectivity index (χ1n) is 12.0. The molecule has 0 spiro atoms. The van der Waals surface area contributed by atoms with Crippen LogP contribution in [0.5, 0.6) is 5.75 Å². The van der Waals surface area contributed by atoms with E-state index in [1.54, 1.807) is 0 Å². The normalized spacial score (nSPS) is 11.2. The predicted octanol–water partition coefficient (Wildman–Crippen LogP) is 4.83. The number of hydrogen-bond acceptors (Lipinski definition) is 6. The van der Waals surface area contributed by atoms with Crippen LogP contribution >= 0.6 is 0 Å². The Morgan fingerprint density at radius 3 is 1.97 bits per heavy atom. The lowest BCUT2D eigenvalue weighted by Gasteiger charge is -2.31. The van der Waals surface area contributed by atoms with Crippen LogP contribution < -0.4 is 10.5 Å². The minimum atomic E-state index is -0.888. The summed E-state index contributed by atoms with van der Waals surface area (Å²) in [5.74, 6) is -0.632. The second-order valence-corrected chi connectivity index (χ2v) is 9.06. The summed E-state index contributed by atoms with van der Waals surface area (Å²) in [5.41, 5.74) is 7.82. The Morgan fingerprint density at radius 2 is 1.39 bits per heavy atom. The van der Waals surface area contributed by atoms with Crippen molar-refractivity contribution in [1.82, 2.24) is 0 Å². The van der Waals surface area contributed by atoms with Crippen molar-refractivity contribution in [2.45, 2.75) is 40.0 Å². The number of nitrogens with two attached hydrogens (primary N) is 1. The predicted molar refractivity (Wildman–Crippen MR) is 138 cm³/mol. The Morgan fingerprint density at radius 1 is 0.806 bits per heavy atom. The van der Waals surface area contributed by atoms with Gasteiger partial charge in [0.05, 0.1) is 6.61 Å². The number of rotatable bonds is 12. The highest BCUT2D eigenvalue weighted by atomic mass is 16.5. The van der Waals surface area contributed by atoms with Gasteiger partial charge >= 0.3 is 11.9 Å². The average molecular weight is 492 g/mol. The van der Waals surface area contributed by atoms with Crippen molar-refractivity contribution in [3.05, 3.63) is 66.2 Å². The van der Waals surface area contributed by atoms with Gasteiger partial charge < -0.3 is 19.9 Å². The van der Waals surface area contributed by atoms with Crippen molar-refractivity contribution in [3.8, 4) is 16.9 Å². The molecule has 0 unspecified atom stereocenters. The topological polar surface area (TPSA) is 105 Å². The van der Waals surface area contributed by atoms with Gasteiger partial charge in [-0.15, -0.1) is 0 Å². The number of benzene rings is 3. The minimum absolute atomic E-state index is 0.0568. The molecule has 0 aliphatic heterocycles. The van der Waals surface area contributed by atoms with Gasteiger partial charge in [-0.1, -0.05) is 42.5 Å². The molecule has 0 atom stereocenters. The number of primary amides is 1. The summed E-state index contributed by atoms with van der Waals surface area (Å²) in [6.45, 7) is 5.08.